The van der Waals surface area contributed by atoms with Gasteiger partial charge in [0, 0.05) is 16.9 Å². The fraction of sp³-hybridized carbons (Fsp3) is 0.250. The number of hydrogen-bond donors (Lipinski definition) is 1. The van der Waals surface area contributed by atoms with Gasteiger partial charge in [0.1, 0.15) is 5.82 Å². The predicted molar refractivity (Wildman–Crippen MR) is 68.5 cm³/mol. The molecule has 0 saturated heterocycles. The van der Waals surface area contributed by atoms with Crippen LogP contribution in [0.5, 0.6) is 0 Å². The summed E-state index contributed by atoms with van der Waals surface area (Å²) in [5, 5.41) is 4.25. The van der Waals surface area contributed by atoms with E-state index in [-0.39, 0.29) is 0 Å². The Kier molecular flexibility index (Phi) is 2.65. The van der Waals surface area contributed by atoms with Crippen molar-refractivity contribution in [1.29, 1.82) is 0 Å². The maximum absolute atomic E-state index is 4.52. The van der Waals surface area contributed by atoms with E-state index in [2.05, 4.69) is 52.2 Å². The summed E-state index contributed by atoms with van der Waals surface area (Å²) in [6.07, 6.45) is 0. The van der Waals surface area contributed by atoms with Crippen LogP contribution in [0.2, 0.25) is 0 Å². The zero-order valence-electron chi connectivity index (χ0n) is 9.06. The summed E-state index contributed by atoms with van der Waals surface area (Å²) in [5.41, 5.74) is 3.51. The maximum atomic E-state index is 4.52. The smallest absolute Gasteiger partial charge is 0.126 e. The Hall–Kier alpha value is -1.09. The summed E-state index contributed by atoms with van der Waals surface area (Å²) >= 11 is 3.59. The first-order valence-corrected chi connectivity index (χ1v) is 5.67. The molecule has 15 heavy (non-hydrogen) atoms. The second kappa shape index (κ2) is 3.81. The maximum Gasteiger partial charge on any atom is 0.126 e. The highest BCUT2D eigenvalue weighted by molar-refractivity contribution is 9.10. The van der Waals surface area contributed by atoms with Gasteiger partial charge in [-0.2, -0.15) is 0 Å². The van der Waals surface area contributed by atoms with Crippen molar-refractivity contribution in [3.8, 4) is 0 Å². The second-order valence-corrected chi connectivity index (χ2v) is 4.44. The van der Waals surface area contributed by atoms with E-state index in [1.807, 2.05) is 13.1 Å². The van der Waals surface area contributed by atoms with Crippen LogP contribution in [0.15, 0.2) is 22.7 Å². The highest BCUT2D eigenvalue weighted by Gasteiger charge is 2.06. The number of fused-ring (bicyclic) bond motifs is 1. The van der Waals surface area contributed by atoms with E-state index in [0.717, 1.165) is 11.3 Å². The van der Waals surface area contributed by atoms with Gasteiger partial charge in [-0.3, -0.25) is 0 Å². The van der Waals surface area contributed by atoms with Crippen molar-refractivity contribution in [2.24, 2.45) is 0 Å². The summed E-state index contributed by atoms with van der Waals surface area (Å²) in [4.78, 5) is 4.52. The molecule has 1 N–H and O–H groups in total. The molecular formula is C12H13BrN2. The zero-order chi connectivity index (χ0) is 11.0. The minimum atomic E-state index is 0.906. The Morgan fingerprint density at radius 3 is 2.67 bits per heavy atom. The summed E-state index contributed by atoms with van der Waals surface area (Å²) in [5.74, 6) is 0.906. The van der Waals surface area contributed by atoms with Gasteiger partial charge in [0.25, 0.3) is 0 Å². The normalized spacial score (nSPS) is 10.7. The van der Waals surface area contributed by atoms with Crippen LogP contribution < -0.4 is 5.32 Å². The molecule has 1 heterocycles. The Balaban J connectivity index is 2.80. The highest BCUT2D eigenvalue weighted by atomic mass is 79.9. The largest absolute Gasteiger partial charge is 0.373 e. The minimum Gasteiger partial charge on any atom is -0.373 e. The molecule has 0 amide bonds. The van der Waals surface area contributed by atoms with Gasteiger partial charge in [-0.25, -0.2) is 4.98 Å². The molecule has 0 aliphatic carbocycles. The Labute approximate surface area is 97.8 Å². The van der Waals surface area contributed by atoms with Crippen LogP contribution in [0.4, 0.5) is 5.82 Å². The van der Waals surface area contributed by atoms with Gasteiger partial charge in [-0.1, -0.05) is 15.9 Å². The van der Waals surface area contributed by atoms with Gasteiger partial charge < -0.3 is 5.32 Å². The van der Waals surface area contributed by atoms with Crippen molar-refractivity contribution in [1.82, 2.24) is 4.98 Å². The van der Waals surface area contributed by atoms with Gasteiger partial charge in [-0.15, -0.1) is 0 Å². The summed E-state index contributed by atoms with van der Waals surface area (Å²) in [6.45, 7) is 4.20. The van der Waals surface area contributed by atoms with Crippen LogP contribution in [-0.2, 0) is 0 Å². The first-order valence-electron chi connectivity index (χ1n) is 4.87. The van der Waals surface area contributed by atoms with Gasteiger partial charge >= 0.3 is 0 Å². The van der Waals surface area contributed by atoms with Crippen molar-refractivity contribution in [2.45, 2.75) is 13.8 Å². The van der Waals surface area contributed by atoms with Crippen LogP contribution in [0, 0.1) is 13.8 Å². The fourth-order valence-electron chi connectivity index (χ4n) is 1.72. The zero-order valence-corrected chi connectivity index (χ0v) is 10.6. The monoisotopic (exact) mass is 264 g/mol. The fourth-order valence-corrected chi connectivity index (χ4v) is 2.05. The highest BCUT2D eigenvalue weighted by Crippen LogP contribution is 2.28. The van der Waals surface area contributed by atoms with Crippen molar-refractivity contribution < 1.29 is 0 Å². The molecule has 0 aliphatic heterocycles. The lowest BCUT2D eigenvalue weighted by atomic mass is 10.1. The van der Waals surface area contributed by atoms with Crippen LogP contribution in [0.3, 0.4) is 0 Å². The Bertz CT molecular complexity index is 521. The number of halogens is 1. The quantitative estimate of drug-likeness (QED) is 0.851. The molecule has 0 saturated carbocycles. The molecule has 0 bridgehead atoms. The first kappa shape index (κ1) is 10.4. The van der Waals surface area contributed by atoms with Crippen LogP contribution >= 0.6 is 15.9 Å². The first-order chi connectivity index (χ1) is 7.13. The van der Waals surface area contributed by atoms with Gasteiger partial charge in [0.05, 0.1) is 5.52 Å². The second-order valence-electron chi connectivity index (χ2n) is 3.65. The lowest BCUT2D eigenvalue weighted by Gasteiger charge is -2.08. The van der Waals surface area contributed by atoms with Crippen LogP contribution in [0.25, 0.3) is 10.9 Å². The van der Waals surface area contributed by atoms with E-state index >= 15 is 0 Å². The van der Waals surface area contributed by atoms with Crippen molar-refractivity contribution in [3.63, 3.8) is 0 Å². The number of nitrogens with zero attached hydrogens (tertiary/aromatic N) is 1. The summed E-state index contributed by atoms with van der Waals surface area (Å²) in [7, 11) is 1.88. The molecule has 1 aromatic carbocycles. The molecule has 2 nitrogen and oxygen atoms in total. The van der Waals surface area contributed by atoms with Crippen molar-refractivity contribution in [2.75, 3.05) is 12.4 Å². The Morgan fingerprint density at radius 1 is 1.27 bits per heavy atom. The predicted octanol–water partition coefficient (Wildman–Crippen LogP) is 3.66. The van der Waals surface area contributed by atoms with E-state index in [4.69, 9.17) is 0 Å². The van der Waals surface area contributed by atoms with E-state index in [0.29, 0.717) is 0 Å². The van der Waals surface area contributed by atoms with E-state index in [1.54, 1.807) is 0 Å². The molecule has 2 aromatic rings. The van der Waals surface area contributed by atoms with Gasteiger partial charge in [0.2, 0.25) is 0 Å². The average Bonchev–Trinajstić information content (AvgIpc) is 2.25. The van der Waals surface area contributed by atoms with E-state index in [9.17, 15) is 0 Å². The molecule has 0 aliphatic rings. The summed E-state index contributed by atoms with van der Waals surface area (Å²) < 4.78 is 1.18. The Morgan fingerprint density at radius 2 is 2.00 bits per heavy atom. The van der Waals surface area contributed by atoms with Crippen molar-refractivity contribution >= 4 is 32.7 Å². The average molecular weight is 265 g/mol. The number of pyridine rings is 1. The van der Waals surface area contributed by atoms with Gasteiger partial charge in [0.15, 0.2) is 0 Å². The number of rotatable bonds is 1. The lowest BCUT2D eigenvalue weighted by Crippen LogP contribution is -1.94. The van der Waals surface area contributed by atoms with Crippen LogP contribution in [-0.4, -0.2) is 12.0 Å². The molecular weight excluding hydrogens is 252 g/mol. The minimum absolute atomic E-state index is 0.906. The standard InChI is InChI=1S/C12H13BrN2/c1-7-6-10-9(8(2)12(7)13)4-5-11(14-3)15-10/h4-6H,1-3H3,(H,14,15). The SMILES string of the molecule is CNc1ccc2c(C)c(Br)c(C)cc2n1. The number of hydrogen-bond acceptors (Lipinski definition) is 2. The number of nitrogens with one attached hydrogen (secondary N) is 1. The molecule has 0 atom stereocenters. The van der Waals surface area contributed by atoms with E-state index < -0.39 is 0 Å². The third kappa shape index (κ3) is 1.72. The molecule has 0 radical (unpaired) electrons. The molecule has 1 aromatic heterocycles. The lowest BCUT2D eigenvalue weighted by molar-refractivity contribution is 1.31. The summed E-state index contributed by atoms with van der Waals surface area (Å²) in [6, 6.07) is 6.21. The molecule has 0 fully saturated rings. The topological polar surface area (TPSA) is 24.9 Å². The number of aromatic nitrogens is 1. The van der Waals surface area contributed by atoms with E-state index in [1.165, 1.54) is 21.0 Å². The third-order valence-corrected chi connectivity index (χ3v) is 3.83. The molecule has 78 valence electrons. The molecule has 0 unspecified atom stereocenters. The van der Waals surface area contributed by atoms with Gasteiger partial charge in [-0.05, 0) is 43.2 Å². The number of anilines is 1. The molecule has 2 rings (SSSR count). The number of aryl methyl sites for hydroxylation is 2. The van der Waals surface area contributed by atoms with Crippen molar-refractivity contribution in [3.05, 3.63) is 33.8 Å². The third-order valence-electron chi connectivity index (χ3n) is 2.61. The molecule has 0 spiro atoms. The number of benzene rings is 1. The van der Waals surface area contributed by atoms with Crippen LogP contribution in [0.1, 0.15) is 11.1 Å². The molecule has 3 heteroatoms.